The number of carbonyl (C=O) groups is 1. The van der Waals surface area contributed by atoms with Crippen LogP contribution in [0.15, 0.2) is 35.9 Å². The third-order valence-electron chi connectivity index (χ3n) is 3.43. The molecule has 0 spiro atoms. The Balaban J connectivity index is 1.96. The van der Waals surface area contributed by atoms with Gasteiger partial charge in [-0.1, -0.05) is 5.57 Å². The van der Waals surface area contributed by atoms with Crippen molar-refractivity contribution < 1.29 is 14.5 Å². The Morgan fingerprint density at radius 3 is 2.50 bits per heavy atom. The van der Waals surface area contributed by atoms with E-state index in [1.807, 2.05) is 6.92 Å². The highest BCUT2D eigenvalue weighted by Crippen LogP contribution is 2.36. The summed E-state index contributed by atoms with van der Waals surface area (Å²) in [6, 6.07) is 6.02. The zero-order valence-corrected chi connectivity index (χ0v) is 11.5. The van der Waals surface area contributed by atoms with Gasteiger partial charge in [0.1, 0.15) is 6.10 Å². The normalized spacial score (nSPS) is 16.6. The molecule has 106 valence electrons. The monoisotopic (exact) mass is 275 g/mol. The van der Waals surface area contributed by atoms with Gasteiger partial charge in [-0.05, 0) is 50.3 Å². The number of hydrogen-bond donors (Lipinski definition) is 0. The number of benzene rings is 1. The van der Waals surface area contributed by atoms with Gasteiger partial charge in [-0.15, -0.1) is 0 Å². The zero-order chi connectivity index (χ0) is 14.7. The molecular weight excluding hydrogens is 258 g/mol. The van der Waals surface area contributed by atoms with Gasteiger partial charge in [0.05, 0.1) is 4.92 Å². The van der Waals surface area contributed by atoms with Crippen LogP contribution >= 0.6 is 0 Å². The maximum absolute atomic E-state index is 11.7. The van der Waals surface area contributed by atoms with E-state index in [0.717, 1.165) is 24.0 Å². The summed E-state index contributed by atoms with van der Waals surface area (Å²) >= 11 is 0. The van der Waals surface area contributed by atoms with Gasteiger partial charge in [0.25, 0.3) is 5.69 Å². The Hall–Kier alpha value is -2.17. The summed E-state index contributed by atoms with van der Waals surface area (Å²) in [7, 11) is 0. The van der Waals surface area contributed by atoms with E-state index in [1.165, 1.54) is 12.1 Å². The molecule has 20 heavy (non-hydrogen) atoms. The molecule has 0 aliphatic heterocycles. The Bertz CT molecular complexity index is 543. The summed E-state index contributed by atoms with van der Waals surface area (Å²) in [6.07, 6.45) is 3.41. The van der Waals surface area contributed by atoms with Crippen molar-refractivity contribution in [3.05, 3.63) is 51.6 Å². The van der Waals surface area contributed by atoms with Gasteiger partial charge >= 0.3 is 5.97 Å². The van der Waals surface area contributed by atoms with E-state index in [2.05, 4.69) is 0 Å². The van der Waals surface area contributed by atoms with Crippen LogP contribution in [0.1, 0.15) is 38.4 Å². The van der Waals surface area contributed by atoms with Crippen molar-refractivity contribution in [2.24, 2.45) is 5.92 Å². The van der Waals surface area contributed by atoms with Crippen LogP contribution < -0.4 is 0 Å². The van der Waals surface area contributed by atoms with Crippen LogP contribution in [0, 0.1) is 16.0 Å². The predicted octanol–water partition coefficient (Wildman–Crippen LogP) is 3.56. The SMILES string of the molecule is C/C(=C\C(=O)OC(C)c1ccc([N+](=O)[O-])cc1)C1CC1. The molecule has 1 aliphatic carbocycles. The highest BCUT2D eigenvalue weighted by atomic mass is 16.6. The molecule has 0 N–H and O–H groups in total. The molecule has 1 atom stereocenters. The van der Waals surface area contributed by atoms with Gasteiger partial charge in [-0.25, -0.2) is 4.79 Å². The molecule has 1 aliphatic rings. The van der Waals surface area contributed by atoms with Crippen molar-refractivity contribution in [2.45, 2.75) is 32.8 Å². The smallest absolute Gasteiger partial charge is 0.331 e. The van der Waals surface area contributed by atoms with Crippen molar-refractivity contribution in [3.8, 4) is 0 Å². The van der Waals surface area contributed by atoms with Gasteiger partial charge in [0.15, 0.2) is 0 Å². The molecule has 1 aromatic rings. The Labute approximate surface area is 117 Å². The number of hydrogen-bond acceptors (Lipinski definition) is 4. The Morgan fingerprint density at radius 2 is 2.00 bits per heavy atom. The molecule has 1 aromatic carbocycles. The van der Waals surface area contributed by atoms with Gasteiger partial charge in [0, 0.05) is 18.2 Å². The minimum Gasteiger partial charge on any atom is -0.455 e. The molecule has 0 aromatic heterocycles. The van der Waals surface area contributed by atoms with Crippen LogP contribution in [0.5, 0.6) is 0 Å². The van der Waals surface area contributed by atoms with E-state index in [4.69, 9.17) is 4.74 Å². The second kappa shape index (κ2) is 5.86. The van der Waals surface area contributed by atoms with E-state index >= 15 is 0 Å². The lowest BCUT2D eigenvalue weighted by molar-refractivity contribution is -0.384. The maximum atomic E-state index is 11.7. The largest absolute Gasteiger partial charge is 0.455 e. The second-order valence-electron chi connectivity index (χ2n) is 5.09. The minimum atomic E-state index is -0.456. The second-order valence-corrected chi connectivity index (χ2v) is 5.09. The number of esters is 1. The molecule has 0 radical (unpaired) electrons. The first kappa shape index (κ1) is 14.2. The maximum Gasteiger partial charge on any atom is 0.331 e. The number of carbonyl (C=O) groups excluding carboxylic acids is 1. The van der Waals surface area contributed by atoms with Crippen molar-refractivity contribution in [1.82, 2.24) is 0 Å². The molecule has 5 nitrogen and oxygen atoms in total. The number of ether oxygens (including phenoxy) is 1. The Kier molecular flexibility index (Phi) is 4.17. The van der Waals surface area contributed by atoms with Gasteiger partial charge < -0.3 is 4.74 Å². The first-order chi connectivity index (χ1) is 9.47. The molecule has 1 unspecified atom stereocenters. The molecule has 2 rings (SSSR count). The summed E-state index contributed by atoms with van der Waals surface area (Å²) in [5.41, 5.74) is 1.82. The average Bonchev–Trinajstić information content (AvgIpc) is 3.22. The van der Waals surface area contributed by atoms with Crippen molar-refractivity contribution in [2.75, 3.05) is 0 Å². The summed E-state index contributed by atoms with van der Waals surface area (Å²) in [5.74, 6) is 0.178. The highest BCUT2D eigenvalue weighted by Gasteiger charge is 2.24. The van der Waals surface area contributed by atoms with Crippen LogP contribution in [-0.4, -0.2) is 10.9 Å². The van der Waals surface area contributed by atoms with Gasteiger partial charge in [0.2, 0.25) is 0 Å². The van der Waals surface area contributed by atoms with E-state index in [9.17, 15) is 14.9 Å². The summed E-state index contributed by atoms with van der Waals surface area (Å²) < 4.78 is 5.30. The first-order valence-corrected chi connectivity index (χ1v) is 6.60. The van der Waals surface area contributed by atoms with Crippen LogP contribution in [0.3, 0.4) is 0 Å². The Morgan fingerprint density at radius 1 is 1.40 bits per heavy atom. The van der Waals surface area contributed by atoms with Crippen LogP contribution in [0.25, 0.3) is 0 Å². The average molecular weight is 275 g/mol. The summed E-state index contributed by atoms with van der Waals surface area (Å²) in [6.45, 7) is 3.69. The first-order valence-electron chi connectivity index (χ1n) is 6.60. The van der Waals surface area contributed by atoms with Crippen molar-refractivity contribution in [3.63, 3.8) is 0 Å². The highest BCUT2D eigenvalue weighted by molar-refractivity contribution is 5.83. The number of nitro benzene ring substituents is 1. The molecule has 0 amide bonds. The number of non-ortho nitro benzene ring substituents is 1. The fraction of sp³-hybridized carbons (Fsp3) is 0.400. The fourth-order valence-electron chi connectivity index (χ4n) is 1.99. The molecular formula is C15H17NO4. The molecule has 1 fully saturated rings. The third kappa shape index (κ3) is 3.66. The minimum absolute atomic E-state index is 0.0248. The van der Waals surface area contributed by atoms with Crippen molar-refractivity contribution in [1.29, 1.82) is 0 Å². The summed E-state index contributed by atoms with van der Waals surface area (Å²) in [4.78, 5) is 21.8. The van der Waals surface area contributed by atoms with E-state index in [0.29, 0.717) is 5.92 Å². The molecule has 0 saturated heterocycles. The fourth-order valence-corrected chi connectivity index (χ4v) is 1.99. The van der Waals surface area contributed by atoms with Crippen LogP contribution in [-0.2, 0) is 9.53 Å². The van der Waals surface area contributed by atoms with E-state index < -0.39 is 11.0 Å². The van der Waals surface area contributed by atoms with Crippen molar-refractivity contribution >= 4 is 11.7 Å². The van der Waals surface area contributed by atoms with Gasteiger partial charge in [-0.2, -0.15) is 0 Å². The molecule has 0 bridgehead atoms. The molecule has 5 heteroatoms. The van der Waals surface area contributed by atoms with Crippen LogP contribution in [0.4, 0.5) is 5.69 Å². The van der Waals surface area contributed by atoms with E-state index in [-0.39, 0.29) is 11.7 Å². The topological polar surface area (TPSA) is 69.4 Å². The number of rotatable bonds is 5. The van der Waals surface area contributed by atoms with Gasteiger partial charge in [-0.3, -0.25) is 10.1 Å². The standard InChI is InChI=1S/C15H17NO4/c1-10(12-3-4-12)9-15(17)20-11(2)13-5-7-14(8-6-13)16(18)19/h5-9,11-12H,3-4H2,1-2H3/b10-9+. The quantitative estimate of drug-likeness (QED) is 0.356. The molecule has 1 saturated carbocycles. The zero-order valence-electron chi connectivity index (χ0n) is 11.5. The van der Waals surface area contributed by atoms with E-state index in [1.54, 1.807) is 25.1 Å². The lowest BCUT2D eigenvalue weighted by Crippen LogP contribution is -2.07. The van der Waals surface area contributed by atoms with Crippen LogP contribution in [0.2, 0.25) is 0 Å². The predicted molar refractivity (Wildman–Crippen MR) is 74.1 cm³/mol. The third-order valence-corrected chi connectivity index (χ3v) is 3.43. The lowest BCUT2D eigenvalue weighted by atomic mass is 10.1. The molecule has 0 heterocycles. The number of nitrogens with zero attached hydrogens (tertiary/aromatic N) is 1. The number of allylic oxidation sites excluding steroid dienone is 1. The number of nitro groups is 1. The summed E-state index contributed by atoms with van der Waals surface area (Å²) in [5, 5.41) is 10.6. The lowest BCUT2D eigenvalue weighted by Gasteiger charge is -2.12.